The third-order valence-corrected chi connectivity index (χ3v) is 11.2. The number of amides is 1. The maximum atomic E-state index is 13.3. The van der Waals surface area contributed by atoms with Gasteiger partial charge in [0.1, 0.15) is 5.75 Å². The van der Waals surface area contributed by atoms with Crippen molar-refractivity contribution in [3.63, 3.8) is 0 Å². The maximum Gasteiger partial charge on any atom is 0.260 e. The van der Waals surface area contributed by atoms with Crippen LogP contribution in [-0.2, 0) is 10.0 Å². The summed E-state index contributed by atoms with van der Waals surface area (Å²) < 4.78 is 33.1. The molecule has 2 unspecified atom stereocenters. The third kappa shape index (κ3) is 4.84. The van der Waals surface area contributed by atoms with Gasteiger partial charge in [0.05, 0.1) is 12.2 Å². The SMILES string of the molecule is CN(C(=O)c1ccc(OCC2CCN(S(=O)(=O)c3ccccn3)CC2)cc1)C1C2CC3CC1CC(O)(C3)C2. The quantitative estimate of drug-likeness (QED) is 0.578. The van der Waals surface area contributed by atoms with E-state index < -0.39 is 15.6 Å². The Morgan fingerprint density at radius 2 is 1.76 bits per heavy atom. The van der Waals surface area contributed by atoms with Gasteiger partial charge in [-0.2, -0.15) is 4.31 Å². The molecule has 4 bridgehead atoms. The minimum Gasteiger partial charge on any atom is -0.493 e. The number of pyridine rings is 1. The summed E-state index contributed by atoms with van der Waals surface area (Å²) in [4.78, 5) is 19.3. The highest BCUT2D eigenvalue weighted by atomic mass is 32.2. The van der Waals surface area contributed by atoms with Crippen molar-refractivity contribution >= 4 is 15.9 Å². The average molecular weight is 540 g/mol. The molecule has 204 valence electrons. The summed E-state index contributed by atoms with van der Waals surface area (Å²) in [7, 11) is -1.64. The van der Waals surface area contributed by atoms with Gasteiger partial charge in [0.2, 0.25) is 0 Å². The minimum absolute atomic E-state index is 0.0301. The second-order valence-corrected chi connectivity index (χ2v) is 13.8. The summed E-state index contributed by atoms with van der Waals surface area (Å²) in [5, 5.41) is 11.0. The Kier molecular flexibility index (Phi) is 6.73. The van der Waals surface area contributed by atoms with E-state index in [-0.39, 0.29) is 22.9 Å². The van der Waals surface area contributed by atoms with Gasteiger partial charge >= 0.3 is 0 Å². The Morgan fingerprint density at radius 3 is 2.37 bits per heavy atom. The fraction of sp³-hybridized carbons (Fsp3) is 0.586. The summed E-state index contributed by atoms with van der Waals surface area (Å²) >= 11 is 0. The zero-order chi connectivity index (χ0) is 26.5. The van der Waals surface area contributed by atoms with Gasteiger partial charge in [-0.05, 0) is 105 Å². The normalized spacial score (nSPS) is 31.3. The molecule has 7 rings (SSSR count). The van der Waals surface area contributed by atoms with E-state index in [2.05, 4.69) is 4.98 Å². The van der Waals surface area contributed by atoms with Gasteiger partial charge in [0.25, 0.3) is 15.9 Å². The van der Waals surface area contributed by atoms with Gasteiger partial charge in [-0.15, -0.1) is 0 Å². The van der Waals surface area contributed by atoms with Crippen LogP contribution in [0.25, 0.3) is 0 Å². The molecule has 9 heteroatoms. The van der Waals surface area contributed by atoms with Gasteiger partial charge in [-0.25, -0.2) is 13.4 Å². The van der Waals surface area contributed by atoms with Gasteiger partial charge in [0, 0.05) is 37.9 Å². The van der Waals surface area contributed by atoms with E-state index in [1.54, 1.807) is 12.1 Å². The molecular weight excluding hydrogens is 502 g/mol. The number of aliphatic hydroxyl groups is 1. The van der Waals surface area contributed by atoms with Crippen molar-refractivity contribution in [2.24, 2.45) is 23.7 Å². The van der Waals surface area contributed by atoms with Crippen LogP contribution in [0.5, 0.6) is 5.75 Å². The maximum absolute atomic E-state index is 13.3. The summed E-state index contributed by atoms with van der Waals surface area (Å²) in [6.07, 6.45) is 7.80. The van der Waals surface area contributed by atoms with Crippen molar-refractivity contribution in [2.75, 3.05) is 26.7 Å². The molecule has 38 heavy (non-hydrogen) atoms. The molecule has 2 aromatic rings. The van der Waals surface area contributed by atoms with E-state index in [4.69, 9.17) is 4.74 Å². The fourth-order valence-electron chi connectivity index (χ4n) is 7.78. The van der Waals surface area contributed by atoms with Crippen LogP contribution in [0.4, 0.5) is 0 Å². The second-order valence-electron chi connectivity index (χ2n) is 12.0. The number of ether oxygens (including phenoxy) is 1. The van der Waals surface area contributed by atoms with Crippen LogP contribution in [0.1, 0.15) is 55.3 Å². The fourth-order valence-corrected chi connectivity index (χ4v) is 9.18. The third-order valence-electron chi connectivity index (χ3n) is 9.36. The molecule has 1 aromatic heterocycles. The van der Waals surface area contributed by atoms with Crippen LogP contribution in [-0.4, -0.2) is 72.0 Å². The van der Waals surface area contributed by atoms with Crippen molar-refractivity contribution in [1.29, 1.82) is 0 Å². The van der Waals surface area contributed by atoms with E-state index in [0.29, 0.717) is 48.8 Å². The van der Waals surface area contributed by atoms with E-state index in [0.717, 1.165) is 44.9 Å². The number of sulfonamides is 1. The first kappa shape index (κ1) is 25.8. The highest BCUT2D eigenvalue weighted by Crippen LogP contribution is 2.56. The molecule has 1 aliphatic heterocycles. The summed E-state index contributed by atoms with van der Waals surface area (Å²) in [6, 6.07) is 12.5. The monoisotopic (exact) mass is 539 g/mol. The lowest BCUT2D eigenvalue weighted by Crippen LogP contribution is -2.61. The Balaban J connectivity index is 1.01. The molecule has 2 heterocycles. The number of nitrogens with zero attached hydrogens (tertiary/aromatic N) is 3. The van der Waals surface area contributed by atoms with Crippen LogP contribution >= 0.6 is 0 Å². The standard InChI is InChI=1S/C29H37N3O5S/c1-31(27-23-14-21-15-24(27)18-29(34,16-21)17-23)28(33)22-5-7-25(8-6-22)37-19-20-9-12-32(13-10-20)38(35,36)26-4-2-3-11-30-26/h2-8,11,20-21,23-24,27,34H,9-10,12-19H2,1H3. The predicted octanol–water partition coefficient (Wildman–Crippen LogP) is 3.57. The zero-order valence-electron chi connectivity index (χ0n) is 21.9. The molecule has 5 fully saturated rings. The van der Waals surface area contributed by atoms with Gasteiger partial charge in [-0.1, -0.05) is 6.07 Å². The first-order chi connectivity index (χ1) is 18.2. The number of rotatable bonds is 7. The van der Waals surface area contributed by atoms with Gasteiger partial charge in [-0.3, -0.25) is 4.79 Å². The lowest BCUT2D eigenvalue weighted by molar-refractivity contribution is -0.152. The van der Waals surface area contributed by atoms with E-state index in [1.165, 1.54) is 16.6 Å². The molecule has 0 spiro atoms. The summed E-state index contributed by atoms with van der Waals surface area (Å²) in [5.41, 5.74) is 0.153. The molecule has 1 N–H and O–H groups in total. The first-order valence-corrected chi connectivity index (χ1v) is 15.3. The molecular formula is C29H37N3O5S. The topological polar surface area (TPSA) is 100 Å². The van der Waals surface area contributed by atoms with Crippen molar-refractivity contribution in [3.8, 4) is 5.75 Å². The second kappa shape index (κ2) is 9.92. The lowest BCUT2D eigenvalue weighted by atomic mass is 9.52. The molecule has 1 saturated heterocycles. The molecule has 2 atom stereocenters. The van der Waals surface area contributed by atoms with Crippen LogP contribution < -0.4 is 4.74 Å². The smallest absolute Gasteiger partial charge is 0.260 e. The zero-order valence-corrected chi connectivity index (χ0v) is 22.7. The summed E-state index contributed by atoms with van der Waals surface area (Å²) in [5.74, 6) is 2.42. The highest BCUT2D eigenvalue weighted by molar-refractivity contribution is 7.89. The molecule has 4 saturated carbocycles. The number of benzene rings is 1. The van der Waals surface area contributed by atoms with Gasteiger partial charge < -0.3 is 14.7 Å². The van der Waals surface area contributed by atoms with Crippen LogP contribution in [0, 0.1) is 23.7 Å². The van der Waals surface area contributed by atoms with Crippen molar-refractivity contribution in [1.82, 2.24) is 14.2 Å². The Labute approximate surface area is 225 Å². The predicted molar refractivity (Wildman–Crippen MR) is 142 cm³/mol. The number of carbonyl (C=O) groups is 1. The van der Waals surface area contributed by atoms with Crippen LogP contribution in [0.3, 0.4) is 0 Å². The largest absolute Gasteiger partial charge is 0.493 e. The van der Waals surface area contributed by atoms with Crippen molar-refractivity contribution in [3.05, 3.63) is 54.2 Å². The number of piperidine rings is 1. The molecule has 4 aliphatic carbocycles. The van der Waals surface area contributed by atoms with Crippen molar-refractivity contribution in [2.45, 2.75) is 61.6 Å². The molecule has 5 aliphatic rings. The lowest BCUT2D eigenvalue weighted by Gasteiger charge is -2.59. The van der Waals surface area contributed by atoms with Crippen molar-refractivity contribution < 1.29 is 23.1 Å². The highest BCUT2D eigenvalue weighted by Gasteiger charge is 2.56. The number of hydrogen-bond donors (Lipinski definition) is 1. The van der Waals surface area contributed by atoms with Crippen LogP contribution in [0.15, 0.2) is 53.7 Å². The Bertz CT molecular complexity index is 1240. The van der Waals surface area contributed by atoms with E-state index in [1.807, 2.05) is 36.2 Å². The average Bonchev–Trinajstić information content (AvgIpc) is 2.91. The van der Waals surface area contributed by atoms with Gasteiger partial charge in [0.15, 0.2) is 5.03 Å². The Hall–Kier alpha value is -2.49. The molecule has 8 nitrogen and oxygen atoms in total. The molecule has 1 amide bonds. The van der Waals surface area contributed by atoms with Crippen LogP contribution in [0.2, 0.25) is 0 Å². The first-order valence-electron chi connectivity index (χ1n) is 13.9. The summed E-state index contributed by atoms with van der Waals surface area (Å²) in [6.45, 7) is 1.42. The Morgan fingerprint density at radius 1 is 1.08 bits per heavy atom. The molecule has 0 radical (unpaired) electrons. The van der Waals surface area contributed by atoms with E-state index >= 15 is 0 Å². The number of carbonyl (C=O) groups excluding carboxylic acids is 1. The minimum atomic E-state index is -3.56. The number of hydrogen-bond acceptors (Lipinski definition) is 6. The van der Waals surface area contributed by atoms with E-state index in [9.17, 15) is 18.3 Å². The number of aromatic nitrogens is 1. The molecule has 1 aromatic carbocycles.